The maximum Gasteiger partial charge on any atom is 0.343 e. The van der Waals surface area contributed by atoms with E-state index in [0.717, 1.165) is 32.5 Å². The van der Waals surface area contributed by atoms with Crippen LogP contribution in [0.15, 0.2) is 40.5 Å². The fraction of sp³-hybridized carbons (Fsp3) is 0.500. The van der Waals surface area contributed by atoms with Gasteiger partial charge in [-0.2, -0.15) is 0 Å². The van der Waals surface area contributed by atoms with Crippen molar-refractivity contribution >= 4 is 28.6 Å². The number of halogens is 1. The van der Waals surface area contributed by atoms with Gasteiger partial charge in [0, 0.05) is 13.0 Å². The number of benzene rings is 1. The second-order valence-electron chi connectivity index (χ2n) is 6.37. The van der Waals surface area contributed by atoms with E-state index in [0.29, 0.717) is 11.5 Å². The van der Waals surface area contributed by atoms with Gasteiger partial charge < -0.3 is 9.84 Å². The van der Waals surface area contributed by atoms with E-state index >= 15 is 0 Å². The smallest absolute Gasteiger partial charge is 0.343 e. The van der Waals surface area contributed by atoms with Crippen LogP contribution in [0.4, 0.5) is 0 Å². The Labute approximate surface area is 150 Å². The summed E-state index contributed by atoms with van der Waals surface area (Å²) >= 11 is 2.09. The highest BCUT2D eigenvalue weighted by Crippen LogP contribution is 2.33. The van der Waals surface area contributed by atoms with Gasteiger partial charge in [-0.3, -0.25) is 4.90 Å². The molecule has 3 aliphatic rings. The molecule has 2 bridgehead atoms. The van der Waals surface area contributed by atoms with Crippen molar-refractivity contribution < 1.29 is 14.6 Å². The number of carbonyl (C=O) groups excluding carboxylic acids is 1. The summed E-state index contributed by atoms with van der Waals surface area (Å²) in [7, 11) is 0. The Hall–Kier alpha value is -0.920. The van der Waals surface area contributed by atoms with Crippen molar-refractivity contribution in [2.45, 2.75) is 31.0 Å². The number of hydrogen-bond acceptors (Lipinski definition) is 4. The third-order valence-corrected chi connectivity index (χ3v) is 5.45. The summed E-state index contributed by atoms with van der Waals surface area (Å²) in [4.78, 5) is 15.1. The van der Waals surface area contributed by atoms with Crippen LogP contribution in [0.2, 0.25) is 0 Å². The van der Waals surface area contributed by atoms with Crippen molar-refractivity contribution in [2.75, 3.05) is 19.6 Å². The highest BCUT2D eigenvalue weighted by Gasteiger charge is 2.43. The van der Waals surface area contributed by atoms with Gasteiger partial charge in [0.05, 0.1) is 0 Å². The molecule has 1 N–H and O–H groups in total. The SMILES string of the molecule is O=C(O[C@H]1CN2CCC1CC2)[C@@](O)(C/C=C\[123I])c1ccccc1. The molecule has 3 aliphatic heterocycles. The van der Waals surface area contributed by atoms with Crippen LogP contribution in [0.1, 0.15) is 24.8 Å². The maximum atomic E-state index is 12.8. The lowest BCUT2D eigenvalue weighted by molar-refractivity contribution is -0.181. The standard InChI is InChI=1S/C18H22INO3/c19-10-4-9-18(22,15-5-2-1-3-6-15)17(21)23-16-13-20-11-7-14(16)8-12-20/h1-6,10,14,16,22H,7-9,11-13H2/b10-4-/t16-,18+/m0/s1/i19-4. The number of aliphatic hydroxyl groups is 1. The summed E-state index contributed by atoms with van der Waals surface area (Å²) in [6, 6.07) is 9.08. The van der Waals surface area contributed by atoms with Gasteiger partial charge in [0.25, 0.3) is 0 Å². The average Bonchev–Trinajstić information content (AvgIpc) is 2.61. The lowest BCUT2D eigenvalue weighted by Gasteiger charge is -2.44. The molecule has 0 aromatic heterocycles. The van der Waals surface area contributed by atoms with Gasteiger partial charge in [-0.15, -0.1) is 0 Å². The summed E-state index contributed by atoms with van der Waals surface area (Å²) in [5.41, 5.74) is -1.03. The number of hydrogen-bond donors (Lipinski definition) is 1. The molecule has 4 nitrogen and oxygen atoms in total. The third-order valence-electron chi connectivity index (χ3n) is 4.95. The second-order valence-corrected chi connectivity index (χ2v) is 7.09. The van der Waals surface area contributed by atoms with E-state index in [-0.39, 0.29) is 12.5 Å². The highest BCUT2D eigenvalue weighted by atomic mass is 123. The Morgan fingerprint density at radius 1 is 1.35 bits per heavy atom. The molecule has 0 radical (unpaired) electrons. The summed E-state index contributed by atoms with van der Waals surface area (Å²) in [6.07, 6.45) is 4.08. The van der Waals surface area contributed by atoms with Crippen molar-refractivity contribution in [1.29, 1.82) is 0 Å². The first kappa shape index (κ1) is 16.9. The molecule has 124 valence electrons. The van der Waals surface area contributed by atoms with Crippen molar-refractivity contribution in [3.8, 4) is 0 Å². The molecule has 0 aliphatic carbocycles. The maximum absolute atomic E-state index is 12.8. The topological polar surface area (TPSA) is 49.8 Å². The molecule has 3 fully saturated rings. The van der Waals surface area contributed by atoms with Crippen LogP contribution in [-0.4, -0.2) is 41.7 Å². The summed E-state index contributed by atoms with van der Waals surface area (Å²) in [5.74, 6) is -0.0963. The van der Waals surface area contributed by atoms with E-state index < -0.39 is 11.6 Å². The zero-order chi connectivity index (χ0) is 16.3. The number of nitrogens with zero attached hydrogens (tertiary/aromatic N) is 1. The number of rotatable bonds is 5. The average molecular weight is 423 g/mol. The first-order valence-electron chi connectivity index (χ1n) is 8.10. The van der Waals surface area contributed by atoms with E-state index in [2.05, 4.69) is 27.5 Å². The predicted molar refractivity (Wildman–Crippen MR) is 97.2 cm³/mol. The normalized spacial score (nSPS) is 29.4. The number of fused-ring (bicyclic) bond motifs is 3. The van der Waals surface area contributed by atoms with Gasteiger partial charge in [-0.1, -0.05) is 59.0 Å². The monoisotopic (exact) mass is 423 g/mol. The van der Waals surface area contributed by atoms with Gasteiger partial charge in [-0.25, -0.2) is 4.79 Å². The third kappa shape index (κ3) is 3.61. The summed E-state index contributed by atoms with van der Waals surface area (Å²) < 4.78 is 7.59. The van der Waals surface area contributed by atoms with Gasteiger partial charge in [-0.05, 0) is 41.5 Å². The summed E-state index contributed by atoms with van der Waals surface area (Å²) in [5, 5.41) is 11.0. The van der Waals surface area contributed by atoms with Crippen LogP contribution in [0.5, 0.6) is 0 Å². The van der Waals surface area contributed by atoms with Crippen molar-refractivity contribution in [3.63, 3.8) is 0 Å². The molecule has 5 heteroatoms. The molecule has 0 unspecified atom stereocenters. The minimum Gasteiger partial charge on any atom is -0.458 e. The first-order chi connectivity index (χ1) is 11.1. The van der Waals surface area contributed by atoms with E-state index in [1.807, 2.05) is 22.3 Å². The molecule has 0 spiro atoms. The lowest BCUT2D eigenvalue weighted by atomic mass is 9.85. The summed E-state index contributed by atoms with van der Waals surface area (Å²) in [6.45, 7) is 2.99. The number of ether oxygens (including phenoxy) is 1. The quantitative estimate of drug-likeness (QED) is 0.585. The van der Waals surface area contributed by atoms with Gasteiger partial charge in [0.1, 0.15) is 6.10 Å². The fourth-order valence-electron chi connectivity index (χ4n) is 3.53. The number of carbonyl (C=O) groups is 1. The highest BCUT2D eigenvalue weighted by molar-refractivity contribution is 14.1. The molecule has 3 saturated heterocycles. The predicted octanol–water partition coefficient (Wildman–Crippen LogP) is 2.85. The van der Waals surface area contributed by atoms with Crippen LogP contribution < -0.4 is 0 Å². The molecule has 23 heavy (non-hydrogen) atoms. The molecule has 3 heterocycles. The molecule has 2 atom stereocenters. The molecule has 4 rings (SSSR count). The number of piperidine rings is 3. The van der Waals surface area contributed by atoms with Crippen LogP contribution in [0, 0.1) is 5.92 Å². The van der Waals surface area contributed by atoms with Crippen molar-refractivity contribution in [1.82, 2.24) is 4.90 Å². The van der Waals surface area contributed by atoms with Gasteiger partial charge in [0.15, 0.2) is 5.60 Å². The molecule has 0 saturated carbocycles. The van der Waals surface area contributed by atoms with Gasteiger partial charge >= 0.3 is 5.97 Å². The largest absolute Gasteiger partial charge is 0.458 e. The molecule has 1 aromatic rings. The zero-order valence-electron chi connectivity index (χ0n) is 13.0. The van der Waals surface area contributed by atoms with E-state index in [9.17, 15) is 9.90 Å². The van der Waals surface area contributed by atoms with Gasteiger partial charge in [0.2, 0.25) is 0 Å². The van der Waals surface area contributed by atoms with Crippen molar-refractivity contribution in [2.24, 2.45) is 5.92 Å². The molecule has 1 aromatic carbocycles. The van der Waals surface area contributed by atoms with Crippen LogP contribution in [0.25, 0.3) is 0 Å². The van der Waals surface area contributed by atoms with Crippen LogP contribution in [-0.2, 0) is 15.1 Å². The first-order valence-corrected chi connectivity index (χ1v) is 9.34. The van der Waals surface area contributed by atoms with Crippen LogP contribution in [0.3, 0.4) is 0 Å². The van der Waals surface area contributed by atoms with Crippen molar-refractivity contribution in [3.05, 3.63) is 46.1 Å². The number of esters is 1. The Kier molecular flexibility index (Phi) is 5.38. The zero-order valence-corrected chi connectivity index (χ0v) is 15.2. The van der Waals surface area contributed by atoms with E-state index in [1.54, 1.807) is 18.2 Å². The van der Waals surface area contributed by atoms with Crippen LogP contribution >= 0.6 is 22.6 Å². The molecular formula is C18H22INO3. The Bertz CT molecular complexity index is 569. The Morgan fingerprint density at radius 2 is 2.04 bits per heavy atom. The Morgan fingerprint density at radius 3 is 2.61 bits per heavy atom. The molecular weight excluding hydrogens is 401 g/mol. The van der Waals surface area contributed by atoms with E-state index in [4.69, 9.17) is 4.74 Å². The van der Waals surface area contributed by atoms with E-state index in [1.165, 1.54) is 0 Å². The Balaban J connectivity index is 1.78. The minimum absolute atomic E-state index is 0.0937. The molecule has 0 amide bonds. The fourth-order valence-corrected chi connectivity index (χ4v) is 3.78. The lowest BCUT2D eigenvalue weighted by Crippen LogP contribution is -2.53. The second kappa shape index (κ2) is 7.32. The minimum atomic E-state index is -1.62.